The highest BCUT2D eigenvalue weighted by Crippen LogP contribution is 2.55. The van der Waals surface area contributed by atoms with Crippen LogP contribution in [0.4, 0.5) is 8.78 Å². The second-order valence-corrected chi connectivity index (χ2v) is 5.06. The summed E-state index contributed by atoms with van der Waals surface area (Å²) in [5.74, 6) is -2.34. The van der Waals surface area contributed by atoms with Gasteiger partial charge in [0.25, 0.3) is 5.92 Å². The van der Waals surface area contributed by atoms with Crippen LogP contribution in [0.5, 0.6) is 5.75 Å². The van der Waals surface area contributed by atoms with Crippen LogP contribution in [0.15, 0.2) is 24.3 Å². The SMILES string of the molecule is Cl.NC1CC(Oc2ccc([C@H]3CC3(F)F)cc2)C1. The van der Waals surface area contributed by atoms with Gasteiger partial charge < -0.3 is 10.5 Å². The van der Waals surface area contributed by atoms with Crippen molar-refractivity contribution < 1.29 is 13.5 Å². The number of nitrogens with two attached hydrogens (primary N) is 1. The van der Waals surface area contributed by atoms with Gasteiger partial charge in [0.05, 0.1) is 5.92 Å². The van der Waals surface area contributed by atoms with Gasteiger partial charge in [-0.05, 0) is 30.5 Å². The van der Waals surface area contributed by atoms with Gasteiger partial charge in [0, 0.05) is 12.5 Å². The highest BCUT2D eigenvalue weighted by molar-refractivity contribution is 5.85. The molecule has 2 nitrogen and oxygen atoms in total. The first-order valence-electron chi connectivity index (χ1n) is 5.94. The van der Waals surface area contributed by atoms with E-state index in [1.54, 1.807) is 24.3 Å². The number of ether oxygens (including phenoxy) is 1. The lowest BCUT2D eigenvalue weighted by Gasteiger charge is -2.32. The minimum Gasteiger partial charge on any atom is -0.490 e. The van der Waals surface area contributed by atoms with Crippen molar-refractivity contribution >= 4 is 12.4 Å². The van der Waals surface area contributed by atoms with Gasteiger partial charge in [-0.1, -0.05) is 12.1 Å². The highest BCUT2D eigenvalue weighted by atomic mass is 35.5. The molecule has 5 heteroatoms. The number of halogens is 3. The van der Waals surface area contributed by atoms with E-state index in [2.05, 4.69) is 0 Å². The van der Waals surface area contributed by atoms with Crippen molar-refractivity contribution in [2.24, 2.45) is 5.73 Å². The Hall–Kier alpha value is -0.870. The molecule has 0 spiro atoms. The molecule has 0 unspecified atom stereocenters. The molecule has 0 amide bonds. The second-order valence-electron chi connectivity index (χ2n) is 5.06. The fraction of sp³-hybridized carbons (Fsp3) is 0.538. The molecule has 0 aliphatic heterocycles. The van der Waals surface area contributed by atoms with Crippen LogP contribution >= 0.6 is 12.4 Å². The molecule has 18 heavy (non-hydrogen) atoms. The lowest BCUT2D eigenvalue weighted by Crippen LogP contribution is -2.43. The molecule has 100 valence electrons. The Morgan fingerprint density at radius 3 is 2.17 bits per heavy atom. The number of benzene rings is 1. The average Bonchev–Trinajstić information content (AvgIpc) is 2.87. The van der Waals surface area contributed by atoms with E-state index in [1.165, 1.54) is 0 Å². The van der Waals surface area contributed by atoms with Crippen LogP contribution in [0.2, 0.25) is 0 Å². The molecular formula is C13H16ClF2NO. The lowest BCUT2D eigenvalue weighted by molar-refractivity contribution is 0.101. The van der Waals surface area contributed by atoms with Crippen molar-refractivity contribution in [3.05, 3.63) is 29.8 Å². The molecule has 1 atom stereocenters. The van der Waals surface area contributed by atoms with Gasteiger partial charge in [-0.3, -0.25) is 0 Å². The number of hydrogen-bond acceptors (Lipinski definition) is 2. The predicted octanol–water partition coefficient (Wildman–Crippen LogP) is 3.10. The molecule has 0 radical (unpaired) electrons. The summed E-state index contributed by atoms with van der Waals surface area (Å²) in [5, 5.41) is 0. The highest BCUT2D eigenvalue weighted by Gasteiger charge is 2.57. The molecule has 0 heterocycles. The van der Waals surface area contributed by atoms with Gasteiger partial charge in [-0.25, -0.2) is 8.78 Å². The van der Waals surface area contributed by atoms with E-state index in [0.29, 0.717) is 5.56 Å². The van der Waals surface area contributed by atoms with E-state index in [9.17, 15) is 8.78 Å². The Morgan fingerprint density at radius 2 is 1.72 bits per heavy atom. The van der Waals surface area contributed by atoms with E-state index in [0.717, 1.165) is 18.6 Å². The van der Waals surface area contributed by atoms with Crippen molar-refractivity contribution in [1.82, 2.24) is 0 Å². The lowest BCUT2D eigenvalue weighted by atomic mass is 9.90. The minimum atomic E-state index is -2.50. The first-order chi connectivity index (χ1) is 8.04. The molecule has 2 saturated carbocycles. The first-order valence-corrected chi connectivity index (χ1v) is 5.94. The Labute approximate surface area is 111 Å². The minimum absolute atomic E-state index is 0. The van der Waals surface area contributed by atoms with Gasteiger partial charge in [-0.2, -0.15) is 0 Å². The van der Waals surface area contributed by atoms with E-state index >= 15 is 0 Å². The topological polar surface area (TPSA) is 35.2 Å². The Kier molecular flexibility index (Phi) is 3.52. The third-order valence-corrected chi connectivity index (χ3v) is 3.54. The summed E-state index contributed by atoms with van der Waals surface area (Å²) in [4.78, 5) is 0. The summed E-state index contributed by atoms with van der Waals surface area (Å²) in [5.41, 5.74) is 6.36. The average molecular weight is 276 g/mol. The van der Waals surface area contributed by atoms with E-state index in [-0.39, 0.29) is 31.0 Å². The van der Waals surface area contributed by atoms with Gasteiger partial charge in [0.2, 0.25) is 0 Å². The fourth-order valence-electron chi connectivity index (χ4n) is 2.25. The van der Waals surface area contributed by atoms with Crippen LogP contribution < -0.4 is 10.5 Å². The summed E-state index contributed by atoms with van der Waals surface area (Å²) in [6.45, 7) is 0. The third kappa shape index (κ3) is 2.59. The van der Waals surface area contributed by atoms with Crippen LogP contribution in [0.25, 0.3) is 0 Å². The van der Waals surface area contributed by atoms with E-state index in [4.69, 9.17) is 10.5 Å². The van der Waals surface area contributed by atoms with Gasteiger partial charge >= 0.3 is 0 Å². The molecule has 2 aliphatic carbocycles. The standard InChI is InChI=1S/C13H15F2NO.ClH/c14-13(15)7-12(13)8-1-3-10(4-2-8)17-11-5-9(16)6-11;/h1-4,9,11-12H,5-7,16H2;1H/t9?,11?,12-;/m1./s1. The maximum Gasteiger partial charge on any atom is 0.255 e. The van der Waals surface area contributed by atoms with Crippen LogP contribution in [0, 0.1) is 0 Å². The summed E-state index contributed by atoms with van der Waals surface area (Å²) in [6, 6.07) is 7.27. The predicted molar refractivity (Wildman–Crippen MR) is 67.6 cm³/mol. The maximum absolute atomic E-state index is 12.9. The van der Waals surface area contributed by atoms with Crippen molar-refractivity contribution in [2.75, 3.05) is 0 Å². The molecule has 0 bridgehead atoms. The third-order valence-electron chi connectivity index (χ3n) is 3.54. The summed E-state index contributed by atoms with van der Waals surface area (Å²) >= 11 is 0. The van der Waals surface area contributed by atoms with Crippen LogP contribution in [0.1, 0.15) is 30.7 Å². The first kappa shape index (κ1) is 13.6. The molecule has 2 N–H and O–H groups in total. The van der Waals surface area contributed by atoms with Crippen molar-refractivity contribution in [3.8, 4) is 5.75 Å². The Morgan fingerprint density at radius 1 is 1.17 bits per heavy atom. The van der Waals surface area contributed by atoms with E-state index in [1.807, 2.05) is 0 Å². The quantitative estimate of drug-likeness (QED) is 0.920. The molecule has 1 aromatic rings. The van der Waals surface area contributed by atoms with Crippen LogP contribution in [0.3, 0.4) is 0 Å². The zero-order valence-corrected chi connectivity index (χ0v) is 10.6. The normalized spacial score (nSPS) is 32.1. The summed E-state index contributed by atoms with van der Waals surface area (Å²) in [6.07, 6.45) is 1.92. The second kappa shape index (κ2) is 4.67. The number of rotatable bonds is 3. The van der Waals surface area contributed by atoms with Crippen molar-refractivity contribution in [1.29, 1.82) is 0 Å². The monoisotopic (exact) mass is 275 g/mol. The molecule has 2 aliphatic rings. The van der Waals surface area contributed by atoms with Crippen LogP contribution in [-0.2, 0) is 0 Å². The van der Waals surface area contributed by atoms with Gasteiger partial charge in [0.15, 0.2) is 0 Å². The number of hydrogen-bond donors (Lipinski definition) is 1. The Bertz CT molecular complexity index is 418. The van der Waals surface area contributed by atoms with Crippen LogP contribution in [-0.4, -0.2) is 18.1 Å². The molecule has 1 aromatic carbocycles. The molecule has 3 rings (SSSR count). The van der Waals surface area contributed by atoms with Gasteiger partial charge in [0.1, 0.15) is 11.9 Å². The molecule has 2 fully saturated rings. The zero-order valence-electron chi connectivity index (χ0n) is 9.81. The summed E-state index contributed by atoms with van der Waals surface area (Å²) in [7, 11) is 0. The Balaban J connectivity index is 0.00000120. The molecule has 0 aromatic heterocycles. The summed E-state index contributed by atoms with van der Waals surface area (Å²) < 4.78 is 31.4. The van der Waals surface area contributed by atoms with Crippen molar-refractivity contribution in [3.63, 3.8) is 0 Å². The number of alkyl halides is 2. The zero-order chi connectivity index (χ0) is 12.0. The maximum atomic E-state index is 12.9. The fourth-order valence-corrected chi connectivity index (χ4v) is 2.25. The largest absolute Gasteiger partial charge is 0.490 e. The van der Waals surface area contributed by atoms with E-state index < -0.39 is 11.8 Å². The van der Waals surface area contributed by atoms with Gasteiger partial charge in [-0.15, -0.1) is 12.4 Å². The molecular weight excluding hydrogens is 260 g/mol. The smallest absolute Gasteiger partial charge is 0.255 e. The molecule has 0 saturated heterocycles. The van der Waals surface area contributed by atoms with Crippen molar-refractivity contribution in [2.45, 2.75) is 43.2 Å².